The largest absolute Gasteiger partial charge is 0.444 e. The molecule has 1 atom stereocenters. The van der Waals surface area contributed by atoms with E-state index >= 15 is 0 Å². The molecule has 1 aliphatic rings. The van der Waals surface area contributed by atoms with Crippen LogP contribution >= 0.6 is 0 Å². The zero-order valence-corrected chi connectivity index (χ0v) is 15.2. The predicted molar refractivity (Wildman–Crippen MR) is 93.7 cm³/mol. The second-order valence-electron chi connectivity index (χ2n) is 7.37. The summed E-state index contributed by atoms with van der Waals surface area (Å²) in [5.74, 6) is 0. The number of ether oxygens (including phenoxy) is 2. The van der Waals surface area contributed by atoms with Crippen LogP contribution in [-0.4, -0.2) is 40.8 Å². The number of nitrogens with zero attached hydrogens (tertiary/aromatic N) is 2. The van der Waals surface area contributed by atoms with Gasteiger partial charge in [-0.2, -0.15) is 0 Å². The lowest BCUT2D eigenvalue weighted by molar-refractivity contribution is 0.00726. The second-order valence-corrected chi connectivity index (χ2v) is 7.37. The number of hydrogen-bond donors (Lipinski definition) is 0. The summed E-state index contributed by atoms with van der Waals surface area (Å²) in [5, 5.41) is 0. The molecule has 134 valence electrons. The molecular formula is C19H30N2O3. The van der Waals surface area contributed by atoms with Crippen molar-refractivity contribution in [2.45, 2.75) is 71.1 Å². The van der Waals surface area contributed by atoms with Crippen LogP contribution in [0.4, 0.5) is 4.79 Å². The molecule has 0 unspecified atom stereocenters. The summed E-state index contributed by atoms with van der Waals surface area (Å²) < 4.78 is 11.3. The van der Waals surface area contributed by atoms with Crippen molar-refractivity contribution in [1.29, 1.82) is 0 Å². The fraction of sp³-hybridized carbons (Fsp3) is 0.684. The topological polar surface area (TPSA) is 51.7 Å². The zero-order valence-electron chi connectivity index (χ0n) is 15.2. The minimum atomic E-state index is -0.438. The number of pyridine rings is 1. The van der Waals surface area contributed by atoms with Gasteiger partial charge in [-0.1, -0.05) is 0 Å². The lowest BCUT2D eigenvalue weighted by atomic mass is 9.98. The molecule has 0 radical (unpaired) electrons. The molecule has 1 aromatic heterocycles. The van der Waals surface area contributed by atoms with Gasteiger partial charge in [-0.15, -0.1) is 0 Å². The van der Waals surface area contributed by atoms with Gasteiger partial charge >= 0.3 is 6.09 Å². The number of aromatic nitrogens is 1. The average molecular weight is 334 g/mol. The van der Waals surface area contributed by atoms with Gasteiger partial charge in [0, 0.05) is 31.6 Å². The maximum absolute atomic E-state index is 12.4. The molecule has 1 aromatic rings. The summed E-state index contributed by atoms with van der Waals surface area (Å²) >= 11 is 0. The van der Waals surface area contributed by atoms with Crippen LogP contribution in [-0.2, 0) is 16.1 Å². The Morgan fingerprint density at radius 1 is 1.29 bits per heavy atom. The van der Waals surface area contributed by atoms with E-state index in [1.165, 1.54) is 6.42 Å². The normalized spacial score (nSPS) is 18.5. The van der Waals surface area contributed by atoms with Crippen molar-refractivity contribution >= 4 is 6.09 Å². The molecule has 2 heterocycles. The summed E-state index contributed by atoms with van der Waals surface area (Å²) in [6.45, 7) is 7.87. The molecule has 24 heavy (non-hydrogen) atoms. The Morgan fingerprint density at radius 3 is 2.75 bits per heavy atom. The lowest BCUT2D eigenvalue weighted by Crippen LogP contribution is -2.46. The lowest BCUT2D eigenvalue weighted by Gasteiger charge is -2.36. The number of amides is 1. The molecular weight excluding hydrogens is 304 g/mol. The van der Waals surface area contributed by atoms with Crippen molar-refractivity contribution in [2.75, 3.05) is 13.2 Å². The van der Waals surface area contributed by atoms with Crippen LogP contribution in [0.25, 0.3) is 0 Å². The van der Waals surface area contributed by atoms with Crippen molar-refractivity contribution in [2.24, 2.45) is 0 Å². The number of piperidine rings is 1. The molecule has 0 saturated carbocycles. The Bertz CT molecular complexity index is 499. The molecule has 0 spiro atoms. The summed E-state index contributed by atoms with van der Waals surface area (Å²) in [4.78, 5) is 18.3. The molecule has 0 N–H and O–H groups in total. The van der Waals surface area contributed by atoms with E-state index in [9.17, 15) is 4.79 Å². The SMILES string of the molecule is CC(C)(C)OC(=O)N1CCCC[C@@H]1CCCOCc1ccncc1. The minimum Gasteiger partial charge on any atom is -0.444 e. The molecule has 0 aromatic carbocycles. The van der Waals surface area contributed by atoms with Crippen molar-refractivity contribution in [3.63, 3.8) is 0 Å². The summed E-state index contributed by atoms with van der Waals surface area (Å²) in [5.41, 5.74) is 0.699. The summed E-state index contributed by atoms with van der Waals surface area (Å²) in [6, 6.07) is 4.20. The van der Waals surface area contributed by atoms with Gasteiger partial charge in [0.15, 0.2) is 0 Å². The highest BCUT2D eigenvalue weighted by Gasteiger charge is 2.29. The first-order chi connectivity index (χ1) is 11.5. The van der Waals surface area contributed by atoms with E-state index in [0.29, 0.717) is 13.2 Å². The van der Waals surface area contributed by atoms with Gasteiger partial charge in [-0.3, -0.25) is 4.98 Å². The van der Waals surface area contributed by atoms with Crippen molar-refractivity contribution < 1.29 is 14.3 Å². The number of rotatable bonds is 6. The molecule has 5 heteroatoms. The van der Waals surface area contributed by atoms with Crippen LogP contribution in [0.2, 0.25) is 0 Å². The molecule has 2 rings (SSSR count). The Morgan fingerprint density at radius 2 is 2.04 bits per heavy atom. The smallest absolute Gasteiger partial charge is 0.410 e. The van der Waals surface area contributed by atoms with Gasteiger partial charge in [-0.25, -0.2) is 4.79 Å². The third-order valence-electron chi connectivity index (χ3n) is 4.10. The van der Waals surface area contributed by atoms with E-state index in [0.717, 1.165) is 37.8 Å². The van der Waals surface area contributed by atoms with E-state index in [1.54, 1.807) is 12.4 Å². The summed E-state index contributed by atoms with van der Waals surface area (Å²) in [7, 11) is 0. The monoisotopic (exact) mass is 334 g/mol. The Hall–Kier alpha value is -1.62. The Kier molecular flexibility index (Phi) is 7.03. The Labute approximate surface area is 145 Å². The quantitative estimate of drug-likeness (QED) is 0.733. The van der Waals surface area contributed by atoms with E-state index in [1.807, 2.05) is 37.8 Å². The third-order valence-corrected chi connectivity index (χ3v) is 4.10. The van der Waals surface area contributed by atoms with Crippen molar-refractivity contribution in [3.8, 4) is 0 Å². The van der Waals surface area contributed by atoms with E-state index in [-0.39, 0.29) is 12.1 Å². The molecule has 5 nitrogen and oxygen atoms in total. The highest BCUT2D eigenvalue weighted by molar-refractivity contribution is 5.68. The average Bonchev–Trinajstić information content (AvgIpc) is 2.54. The molecule has 1 aliphatic heterocycles. The molecule has 0 bridgehead atoms. The zero-order chi connectivity index (χ0) is 17.4. The minimum absolute atomic E-state index is 0.176. The van der Waals surface area contributed by atoms with Crippen LogP contribution in [0, 0.1) is 0 Å². The first-order valence-corrected chi connectivity index (χ1v) is 8.92. The van der Waals surface area contributed by atoms with Crippen LogP contribution in [0.5, 0.6) is 0 Å². The maximum Gasteiger partial charge on any atom is 0.410 e. The standard InChI is InChI=1S/C19H30N2O3/c1-19(2,3)24-18(22)21-13-5-4-7-17(21)8-6-14-23-15-16-9-11-20-12-10-16/h9-12,17H,4-8,13-15H2,1-3H3/t17-/m1/s1. The van der Waals surface area contributed by atoms with Crippen molar-refractivity contribution in [3.05, 3.63) is 30.1 Å². The van der Waals surface area contributed by atoms with Gasteiger partial charge < -0.3 is 14.4 Å². The van der Waals surface area contributed by atoms with Crippen LogP contribution in [0.15, 0.2) is 24.5 Å². The predicted octanol–water partition coefficient (Wildman–Crippen LogP) is 4.17. The maximum atomic E-state index is 12.4. The molecule has 0 aliphatic carbocycles. The summed E-state index contributed by atoms with van der Waals surface area (Å²) in [6.07, 6.45) is 8.60. The number of carbonyl (C=O) groups is 1. The number of carbonyl (C=O) groups excluding carboxylic acids is 1. The van der Waals surface area contributed by atoms with Gasteiger partial charge in [0.05, 0.1) is 6.61 Å². The fourth-order valence-electron chi connectivity index (χ4n) is 2.95. The van der Waals surface area contributed by atoms with Crippen LogP contribution < -0.4 is 0 Å². The Balaban J connectivity index is 1.72. The van der Waals surface area contributed by atoms with E-state index in [2.05, 4.69) is 4.98 Å². The van der Waals surface area contributed by atoms with Gasteiger partial charge in [0.2, 0.25) is 0 Å². The molecule has 1 fully saturated rings. The third kappa shape index (κ3) is 6.48. The van der Waals surface area contributed by atoms with E-state index in [4.69, 9.17) is 9.47 Å². The highest BCUT2D eigenvalue weighted by atomic mass is 16.6. The first kappa shape index (κ1) is 18.7. The van der Waals surface area contributed by atoms with Gasteiger partial charge in [0.1, 0.15) is 5.60 Å². The van der Waals surface area contributed by atoms with E-state index < -0.39 is 5.60 Å². The van der Waals surface area contributed by atoms with Crippen LogP contribution in [0.1, 0.15) is 58.4 Å². The molecule has 1 saturated heterocycles. The number of hydrogen-bond acceptors (Lipinski definition) is 4. The molecule has 1 amide bonds. The first-order valence-electron chi connectivity index (χ1n) is 8.92. The highest BCUT2D eigenvalue weighted by Crippen LogP contribution is 2.23. The second kappa shape index (κ2) is 9.02. The van der Waals surface area contributed by atoms with Gasteiger partial charge in [-0.05, 0) is 70.6 Å². The van der Waals surface area contributed by atoms with Crippen molar-refractivity contribution in [1.82, 2.24) is 9.88 Å². The fourth-order valence-corrected chi connectivity index (χ4v) is 2.95. The van der Waals surface area contributed by atoms with Crippen LogP contribution in [0.3, 0.4) is 0 Å². The number of likely N-dealkylation sites (tertiary alicyclic amines) is 1. The van der Waals surface area contributed by atoms with Gasteiger partial charge in [0.25, 0.3) is 0 Å².